The summed E-state index contributed by atoms with van der Waals surface area (Å²) in [6.45, 7) is -2.21. The lowest BCUT2D eigenvalue weighted by Crippen LogP contribution is -2.36. The minimum Gasteiger partial charge on any atom is -0.285 e. The zero-order chi connectivity index (χ0) is 9.99. The van der Waals surface area contributed by atoms with Gasteiger partial charge in [-0.15, -0.1) is 0 Å². The lowest BCUT2D eigenvalue weighted by Gasteiger charge is -2.19. The van der Waals surface area contributed by atoms with Crippen molar-refractivity contribution in [2.45, 2.75) is 12.3 Å². The molecule has 0 heterocycles. The summed E-state index contributed by atoms with van der Waals surface area (Å²) in [4.78, 5) is 0. The number of ether oxygens (including phenoxy) is 1. The van der Waals surface area contributed by atoms with Crippen molar-refractivity contribution in [2.24, 2.45) is 0 Å². The second-order valence-corrected chi connectivity index (χ2v) is 1.58. The van der Waals surface area contributed by atoms with E-state index >= 15 is 0 Å². The molecule has 1 radical (unpaired) electrons. The average molecular weight is 199 g/mol. The Kier molecular flexibility index (Phi) is 3.31. The van der Waals surface area contributed by atoms with E-state index in [0.29, 0.717) is 0 Å². The monoisotopic (exact) mass is 199 g/mol. The van der Waals surface area contributed by atoms with Gasteiger partial charge in [0.2, 0.25) is 0 Å². The third kappa shape index (κ3) is 2.84. The van der Waals surface area contributed by atoms with Crippen LogP contribution in [0.3, 0.4) is 0 Å². The quantitative estimate of drug-likeness (QED) is 0.634. The van der Waals surface area contributed by atoms with Crippen LogP contribution in [-0.2, 0) is 4.74 Å². The Morgan fingerprint density at radius 3 is 1.75 bits per heavy atom. The first-order valence-electron chi connectivity index (χ1n) is 2.39. The van der Waals surface area contributed by atoms with Gasteiger partial charge in [-0.05, 0) is 0 Å². The normalized spacial score (nSPS) is 14.0. The highest BCUT2D eigenvalue weighted by molar-refractivity contribution is 4.94. The van der Waals surface area contributed by atoms with Gasteiger partial charge in [-0.1, -0.05) is 0 Å². The number of halogens is 7. The van der Waals surface area contributed by atoms with Crippen LogP contribution in [0.15, 0.2) is 0 Å². The van der Waals surface area contributed by atoms with Crippen LogP contribution >= 0.6 is 0 Å². The van der Waals surface area contributed by atoms with Crippen molar-refractivity contribution < 1.29 is 35.5 Å². The van der Waals surface area contributed by atoms with Crippen LogP contribution in [-0.4, -0.2) is 19.1 Å². The maximum absolute atomic E-state index is 11.7. The Morgan fingerprint density at radius 2 is 1.50 bits per heavy atom. The summed E-state index contributed by atoms with van der Waals surface area (Å²) in [7, 11) is 0. The Morgan fingerprint density at radius 1 is 1.08 bits per heavy atom. The summed E-state index contributed by atoms with van der Waals surface area (Å²) in [6, 6.07) is 0. The van der Waals surface area contributed by atoms with Crippen LogP contribution in [0, 0.1) is 6.17 Å². The molecule has 0 aliphatic heterocycles. The third-order valence-electron chi connectivity index (χ3n) is 0.740. The molecule has 0 spiro atoms. The van der Waals surface area contributed by atoms with E-state index in [1.165, 1.54) is 0 Å². The van der Waals surface area contributed by atoms with Gasteiger partial charge in [0.1, 0.15) is 0 Å². The number of hydrogen-bond donors (Lipinski definition) is 0. The first-order chi connectivity index (χ1) is 5.22. The average Bonchev–Trinajstić information content (AvgIpc) is 1.84. The lowest BCUT2D eigenvalue weighted by atomic mass is 10.3. The van der Waals surface area contributed by atoms with Crippen molar-refractivity contribution in [3.05, 3.63) is 6.17 Å². The molecule has 0 fully saturated rings. The van der Waals surface area contributed by atoms with Crippen molar-refractivity contribution >= 4 is 0 Å². The summed E-state index contributed by atoms with van der Waals surface area (Å²) in [5, 5.41) is 0. The van der Waals surface area contributed by atoms with Gasteiger partial charge in [0.15, 0.2) is 6.86 Å². The van der Waals surface area contributed by atoms with Gasteiger partial charge in [0.25, 0.3) is 0 Å². The molecule has 0 aliphatic rings. The SMILES string of the molecule is FCOC(F)(F)[C](F)C(F)(F)F. The van der Waals surface area contributed by atoms with Gasteiger partial charge in [-0.2, -0.15) is 22.0 Å². The Hall–Kier alpha value is -0.530. The number of rotatable bonds is 3. The summed E-state index contributed by atoms with van der Waals surface area (Å²) in [6.07, 6.45) is -14.8. The van der Waals surface area contributed by atoms with Crippen molar-refractivity contribution in [3.63, 3.8) is 0 Å². The van der Waals surface area contributed by atoms with Crippen LogP contribution in [0.5, 0.6) is 0 Å². The lowest BCUT2D eigenvalue weighted by molar-refractivity contribution is -0.301. The largest absolute Gasteiger partial charge is 0.435 e. The molecular weight excluding hydrogens is 197 g/mol. The summed E-state index contributed by atoms with van der Waals surface area (Å²) >= 11 is 0. The molecule has 0 rings (SSSR count). The van der Waals surface area contributed by atoms with E-state index < -0.39 is 25.3 Å². The van der Waals surface area contributed by atoms with Crippen molar-refractivity contribution in [2.75, 3.05) is 6.86 Å². The van der Waals surface area contributed by atoms with Gasteiger partial charge in [-0.3, -0.25) is 4.74 Å². The van der Waals surface area contributed by atoms with E-state index in [2.05, 4.69) is 4.74 Å². The highest BCUT2D eigenvalue weighted by Crippen LogP contribution is 2.41. The molecule has 1 nitrogen and oxygen atoms in total. The fourth-order valence-electron chi connectivity index (χ4n) is 0.297. The van der Waals surface area contributed by atoms with E-state index in [1.54, 1.807) is 0 Å². The van der Waals surface area contributed by atoms with Crippen molar-refractivity contribution in [3.8, 4) is 0 Å². The van der Waals surface area contributed by atoms with E-state index in [1.807, 2.05) is 0 Å². The number of hydrogen-bond acceptors (Lipinski definition) is 1. The zero-order valence-electron chi connectivity index (χ0n) is 5.26. The Labute approximate surface area is 62.1 Å². The fourth-order valence-corrected chi connectivity index (χ4v) is 0.297. The number of alkyl halides is 6. The highest BCUT2D eigenvalue weighted by Gasteiger charge is 2.60. The molecule has 0 N–H and O–H groups in total. The fraction of sp³-hybridized carbons (Fsp3) is 0.750. The van der Waals surface area contributed by atoms with Gasteiger partial charge in [-0.25, -0.2) is 8.78 Å². The topological polar surface area (TPSA) is 9.23 Å². The second kappa shape index (κ2) is 3.46. The van der Waals surface area contributed by atoms with Crippen LogP contribution in [0.2, 0.25) is 0 Å². The van der Waals surface area contributed by atoms with Gasteiger partial charge >= 0.3 is 18.5 Å². The maximum atomic E-state index is 11.7. The third-order valence-corrected chi connectivity index (χ3v) is 0.740. The highest BCUT2D eigenvalue weighted by atomic mass is 19.4. The van der Waals surface area contributed by atoms with Crippen molar-refractivity contribution in [1.82, 2.24) is 0 Å². The maximum Gasteiger partial charge on any atom is 0.435 e. The summed E-state index contributed by atoms with van der Waals surface area (Å²) < 4.78 is 82.2. The van der Waals surface area contributed by atoms with Crippen LogP contribution in [0.1, 0.15) is 0 Å². The minimum atomic E-state index is -5.85. The van der Waals surface area contributed by atoms with E-state index in [9.17, 15) is 30.7 Å². The zero-order valence-corrected chi connectivity index (χ0v) is 5.26. The van der Waals surface area contributed by atoms with Crippen LogP contribution in [0.4, 0.5) is 30.7 Å². The van der Waals surface area contributed by atoms with Crippen molar-refractivity contribution in [1.29, 1.82) is 0 Å². The molecule has 0 saturated heterocycles. The van der Waals surface area contributed by atoms with E-state index in [0.717, 1.165) is 0 Å². The molecule has 0 aromatic rings. The minimum absolute atomic E-state index is 2.21. The molecular formula is C4H2F7O. The van der Waals surface area contributed by atoms with Gasteiger partial charge in [0, 0.05) is 0 Å². The molecule has 0 amide bonds. The molecule has 0 aromatic carbocycles. The first kappa shape index (κ1) is 11.5. The smallest absolute Gasteiger partial charge is 0.285 e. The van der Waals surface area contributed by atoms with Crippen LogP contribution in [0.25, 0.3) is 0 Å². The van der Waals surface area contributed by atoms with Gasteiger partial charge in [0.05, 0.1) is 0 Å². The molecule has 0 unspecified atom stereocenters. The molecule has 0 aromatic heterocycles. The van der Waals surface area contributed by atoms with E-state index in [4.69, 9.17) is 0 Å². The van der Waals surface area contributed by atoms with Crippen LogP contribution < -0.4 is 0 Å². The predicted octanol–water partition coefficient (Wildman–Crippen LogP) is 2.59. The summed E-state index contributed by atoms with van der Waals surface area (Å²) in [5.41, 5.74) is 0. The molecule has 0 bridgehead atoms. The molecule has 12 heavy (non-hydrogen) atoms. The molecule has 73 valence electrons. The van der Waals surface area contributed by atoms with E-state index in [-0.39, 0.29) is 0 Å². The Bertz CT molecular complexity index is 141. The predicted molar refractivity (Wildman–Crippen MR) is 22.4 cm³/mol. The second-order valence-electron chi connectivity index (χ2n) is 1.58. The Balaban J connectivity index is 4.34. The molecule has 0 aliphatic carbocycles. The molecule has 8 heteroatoms. The standard InChI is InChI=1S/C4H2F7O/c5-1-12-4(10,11)2(6)3(7,8)9/h1H2. The van der Waals surface area contributed by atoms with Gasteiger partial charge < -0.3 is 0 Å². The molecule has 0 saturated carbocycles. The summed E-state index contributed by atoms with van der Waals surface area (Å²) in [5.74, 6) is 0. The molecule has 0 atom stereocenters. The first-order valence-corrected chi connectivity index (χ1v) is 2.39.